The van der Waals surface area contributed by atoms with Crippen LogP contribution in [0.25, 0.3) is 0 Å². The van der Waals surface area contributed by atoms with Gasteiger partial charge in [0.25, 0.3) is 5.91 Å². The average Bonchev–Trinajstić information content (AvgIpc) is 2.72. The third-order valence-electron chi connectivity index (χ3n) is 4.23. The lowest BCUT2D eigenvalue weighted by Gasteiger charge is -2.35. The van der Waals surface area contributed by atoms with Crippen molar-refractivity contribution in [3.05, 3.63) is 22.5 Å². The molecule has 6 heteroatoms. The van der Waals surface area contributed by atoms with Crippen molar-refractivity contribution < 1.29 is 14.3 Å². The number of carbonyl (C=O) groups is 2. The summed E-state index contributed by atoms with van der Waals surface area (Å²) < 4.78 is 5.70. The maximum Gasteiger partial charge on any atom is 0.268 e. The normalized spacial score (nSPS) is 22.1. The number of aromatic amines is 1. The number of rotatable bonds is 5. The van der Waals surface area contributed by atoms with Gasteiger partial charge in [-0.3, -0.25) is 14.5 Å². The highest BCUT2D eigenvalue weighted by molar-refractivity contribution is 6.02. The number of aryl methyl sites for hydroxylation is 1. The van der Waals surface area contributed by atoms with Crippen LogP contribution in [0.5, 0.6) is 0 Å². The number of amides is 1. The lowest BCUT2D eigenvalue weighted by molar-refractivity contribution is -0.0672. The molecular weight excluding hydrogens is 294 g/mol. The van der Waals surface area contributed by atoms with Crippen LogP contribution in [0, 0.1) is 13.8 Å². The Bertz CT molecular complexity index is 584. The van der Waals surface area contributed by atoms with Gasteiger partial charge in [0.2, 0.25) is 0 Å². The van der Waals surface area contributed by atoms with Crippen LogP contribution < -0.4 is 5.32 Å². The molecule has 128 valence electrons. The van der Waals surface area contributed by atoms with Crippen LogP contribution in [0.3, 0.4) is 0 Å². The average molecular weight is 321 g/mol. The minimum atomic E-state index is -0.160. The maximum atomic E-state index is 12.3. The molecule has 1 aliphatic rings. The van der Waals surface area contributed by atoms with Gasteiger partial charge >= 0.3 is 0 Å². The van der Waals surface area contributed by atoms with Crippen molar-refractivity contribution in [3.8, 4) is 0 Å². The van der Waals surface area contributed by atoms with Crippen LogP contribution in [0.2, 0.25) is 0 Å². The standard InChI is InChI=1S/C17H27N3O3/c1-10-8-20(9-11(2)23-10)7-6-18-17(22)16-12(3)15(14(5)21)13(4)19-16/h10-11,19H,6-9H2,1-5H3,(H,18,22). The van der Waals surface area contributed by atoms with Crippen molar-refractivity contribution in [3.63, 3.8) is 0 Å². The third kappa shape index (κ3) is 4.20. The number of H-pyrrole nitrogens is 1. The SMILES string of the molecule is CC(=O)c1c(C)[nH]c(C(=O)NCCN2CC(C)OC(C)C2)c1C. The highest BCUT2D eigenvalue weighted by Crippen LogP contribution is 2.18. The zero-order valence-electron chi connectivity index (χ0n) is 14.7. The molecule has 1 fully saturated rings. The molecule has 2 unspecified atom stereocenters. The first-order chi connectivity index (χ1) is 10.8. The summed E-state index contributed by atoms with van der Waals surface area (Å²) in [6, 6.07) is 0. The summed E-state index contributed by atoms with van der Waals surface area (Å²) in [6.45, 7) is 12.4. The second-order valence-electron chi connectivity index (χ2n) is 6.45. The Morgan fingerprint density at radius 1 is 1.26 bits per heavy atom. The number of carbonyl (C=O) groups excluding carboxylic acids is 2. The van der Waals surface area contributed by atoms with Gasteiger partial charge in [0.1, 0.15) is 5.69 Å². The number of nitrogens with zero attached hydrogens (tertiary/aromatic N) is 1. The Morgan fingerprint density at radius 2 is 1.87 bits per heavy atom. The molecule has 0 aliphatic carbocycles. The third-order valence-corrected chi connectivity index (χ3v) is 4.23. The van der Waals surface area contributed by atoms with Crippen molar-refractivity contribution in [1.29, 1.82) is 0 Å². The maximum absolute atomic E-state index is 12.3. The Hall–Kier alpha value is -1.66. The van der Waals surface area contributed by atoms with E-state index in [-0.39, 0.29) is 23.9 Å². The largest absolute Gasteiger partial charge is 0.373 e. The van der Waals surface area contributed by atoms with Crippen LogP contribution in [0.4, 0.5) is 0 Å². The van der Waals surface area contributed by atoms with Gasteiger partial charge < -0.3 is 15.0 Å². The number of ether oxygens (including phenoxy) is 1. The first-order valence-electron chi connectivity index (χ1n) is 8.15. The van der Waals surface area contributed by atoms with Crippen LogP contribution >= 0.6 is 0 Å². The van der Waals surface area contributed by atoms with E-state index in [0.29, 0.717) is 17.8 Å². The molecule has 1 aliphatic heterocycles. The van der Waals surface area contributed by atoms with Gasteiger partial charge in [-0.1, -0.05) is 0 Å². The molecule has 2 rings (SSSR count). The first kappa shape index (κ1) is 17.7. The van der Waals surface area contributed by atoms with E-state index in [0.717, 1.165) is 30.9 Å². The minimum absolute atomic E-state index is 0.0217. The van der Waals surface area contributed by atoms with Crippen molar-refractivity contribution in [1.82, 2.24) is 15.2 Å². The number of hydrogen-bond donors (Lipinski definition) is 2. The molecule has 2 N–H and O–H groups in total. The van der Waals surface area contributed by atoms with Gasteiger partial charge in [0, 0.05) is 37.4 Å². The van der Waals surface area contributed by atoms with E-state index in [1.807, 2.05) is 6.92 Å². The Kier molecular flexibility index (Phi) is 5.59. The Morgan fingerprint density at radius 3 is 2.39 bits per heavy atom. The predicted molar refractivity (Wildman–Crippen MR) is 89.1 cm³/mol. The summed E-state index contributed by atoms with van der Waals surface area (Å²) in [5.41, 5.74) is 2.57. The quantitative estimate of drug-likeness (QED) is 0.809. The predicted octanol–water partition coefficient (Wildman–Crippen LogP) is 1.67. The van der Waals surface area contributed by atoms with Gasteiger partial charge in [-0.2, -0.15) is 0 Å². The molecule has 0 saturated carbocycles. The smallest absolute Gasteiger partial charge is 0.268 e. The van der Waals surface area contributed by atoms with Crippen LogP contribution in [-0.2, 0) is 4.74 Å². The molecule has 23 heavy (non-hydrogen) atoms. The minimum Gasteiger partial charge on any atom is -0.373 e. The van der Waals surface area contributed by atoms with E-state index in [2.05, 4.69) is 29.0 Å². The van der Waals surface area contributed by atoms with Gasteiger partial charge in [0.15, 0.2) is 5.78 Å². The monoisotopic (exact) mass is 321 g/mol. The molecule has 6 nitrogen and oxygen atoms in total. The van der Waals surface area contributed by atoms with E-state index in [1.165, 1.54) is 6.92 Å². The van der Waals surface area contributed by atoms with E-state index in [4.69, 9.17) is 4.74 Å². The molecule has 2 heterocycles. The van der Waals surface area contributed by atoms with Crippen LogP contribution in [0.1, 0.15) is 52.9 Å². The van der Waals surface area contributed by atoms with Crippen molar-refractivity contribution in [2.75, 3.05) is 26.2 Å². The summed E-state index contributed by atoms with van der Waals surface area (Å²) in [7, 11) is 0. The van der Waals surface area contributed by atoms with Crippen molar-refractivity contribution in [2.45, 2.75) is 46.8 Å². The first-order valence-corrected chi connectivity index (χ1v) is 8.15. The summed E-state index contributed by atoms with van der Waals surface area (Å²) in [6.07, 6.45) is 0.446. The second kappa shape index (κ2) is 7.27. The highest BCUT2D eigenvalue weighted by Gasteiger charge is 2.23. The zero-order valence-corrected chi connectivity index (χ0v) is 14.7. The van der Waals surface area contributed by atoms with Gasteiger partial charge in [-0.15, -0.1) is 0 Å². The lowest BCUT2D eigenvalue weighted by Crippen LogP contribution is -2.47. The number of Topliss-reactive ketones (excluding diaryl/α,β-unsaturated/α-hetero) is 1. The molecule has 1 aromatic rings. The molecule has 1 aromatic heterocycles. The summed E-state index contributed by atoms with van der Waals surface area (Å²) in [5.74, 6) is -0.181. The van der Waals surface area contributed by atoms with Gasteiger partial charge in [-0.25, -0.2) is 0 Å². The highest BCUT2D eigenvalue weighted by atomic mass is 16.5. The molecule has 0 radical (unpaired) electrons. The molecule has 0 spiro atoms. The fourth-order valence-electron chi connectivity index (χ4n) is 3.39. The Balaban J connectivity index is 1.90. The Labute approximate surface area is 137 Å². The second-order valence-corrected chi connectivity index (χ2v) is 6.45. The van der Waals surface area contributed by atoms with Crippen LogP contribution in [-0.4, -0.2) is 60.0 Å². The summed E-state index contributed by atoms with van der Waals surface area (Å²) >= 11 is 0. The van der Waals surface area contributed by atoms with E-state index in [9.17, 15) is 9.59 Å². The number of nitrogens with one attached hydrogen (secondary N) is 2. The fourth-order valence-corrected chi connectivity index (χ4v) is 3.39. The number of hydrogen-bond acceptors (Lipinski definition) is 4. The summed E-state index contributed by atoms with van der Waals surface area (Å²) in [5, 5.41) is 2.93. The number of aromatic nitrogens is 1. The van der Waals surface area contributed by atoms with E-state index in [1.54, 1.807) is 6.92 Å². The van der Waals surface area contributed by atoms with Gasteiger partial charge in [-0.05, 0) is 40.2 Å². The molecule has 1 amide bonds. The molecule has 2 atom stereocenters. The van der Waals surface area contributed by atoms with Crippen LogP contribution in [0.15, 0.2) is 0 Å². The molecule has 1 saturated heterocycles. The number of ketones is 1. The van der Waals surface area contributed by atoms with Crippen molar-refractivity contribution in [2.24, 2.45) is 0 Å². The topological polar surface area (TPSA) is 74.4 Å². The van der Waals surface area contributed by atoms with E-state index < -0.39 is 0 Å². The van der Waals surface area contributed by atoms with E-state index >= 15 is 0 Å². The zero-order chi connectivity index (χ0) is 17.1. The van der Waals surface area contributed by atoms with Gasteiger partial charge in [0.05, 0.1) is 12.2 Å². The molecular formula is C17H27N3O3. The summed E-state index contributed by atoms with van der Waals surface area (Å²) in [4.78, 5) is 29.3. The molecule has 0 aromatic carbocycles. The fraction of sp³-hybridized carbons (Fsp3) is 0.647. The lowest BCUT2D eigenvalue weighted by atomic mass is 10.1. The molecule has 0 bridgehead atoms. The number of morpholine rings is 1. The van der Waals surface area contributed by atoms with Crippen molar-refractivity contribution >= 4 is 11.7 Å².